The van der Waals surface area contributed by atoms with Gasteiger partial charge in [0.1, 0.15) is 0 Å². The second kappa shape index (κ2) is 6.73. The Bertz CT molecular complexity index is 297. The molecule has 0 aromatic heterocycles. The molecule has 104 valence electrons. The minimum absolute atomic E-state index is 0.00431. The van der Waals surface area contributed by atoms with Crippen LogP contribution in [0.4, 0.5) is 0 Å². The van der Waals surface area contributed by atoms with Crippen LogP contribution in [0.15, 0.2) is 0 Å². The highest BCUT2D eigenvalue weighted by molar-refractivity contribution is 5.89. The number of likely N-dealkylation sites (tertiary alicyclic amines) is 1. The lowest BCUT2D eigenvalue weighted by atomic mass is 9.96. The zero-order chi connectivity index (χ0) is 13.6. The molecule has 1 saturated heterocycles. The van der Waals surface area contributed by atoms with E-state index in [4.69, 9.17) is 5.73 Å². The summed E-state index contributed by atoms with van der Waals surface area (Å²) in [5.74, 6) is -0.245. The maximum absolute atomic E-state index is 11.9. The molecule has 18 heavy (non-hydrogen) atoms. The highest BCUT2D eigenvalue weighted by Crippen LogP contribution is 2.10. The fourth-order valence-corrected chi connectivity index (χ4v) is 2.25. The molecular formula is C13H25N3O2. The predicted octanol–water partition coefficient (Wildman–Crippen LogP) is 0.633. The molecule has 0 aromatic carbocycles. The summed E-state index contributed by atoms with van der Waals surface area (Å²) in [7, 11) is 0. The summed E-state index contributed by atoms with van der Waals surface area (Å²) >= 11 is 0. The summed E-state index contributed by atoms with van der Waals surface area (Å²) in [6.45, 7) is 5.37. The molecule has 0 aromatic rings. The minimum atomic E-state index is -0.878. The largest absolute Gasteiger partial charge is 0.345 e. The molecule has 0 aliphatic carbocycles. The van der Waals surface area contributed by atoms with Crippen molar-refractivity contribution in [3.05, 3.63) is 0 Å². The Morgan fingerprint density at radius 3 is 2.44 bits per heavy atom. The number of nitrogens with one attached hydrogen (secondary N) is 1. The third-order valence-corrected chi connectivity index (χ3v) is 3.40. The maximum Gasteiger partial charge on any atom is 0.241 e. The Labute approximate surface area is 109 Å². The van der Waals surface area contributed by atoms with E-state index in [1.807, 2.05) is 11.8 Å². The second-order valence-electron chi connectivity index (χ2n) is 5.29. The van der Waals surface area contributed by atoms with Gasteiger partial charge in [0.2, 0.25) is 11.8 Å². The number of hydrogen-bond donors (Lipinski definition) is 2. The molecule has 1 heterocycles. The SMILES string of the molecule is CCCC(C)(N)C(=O)NCC(=O)N1CCCCC1. The summed E-state index contributed by atoms with van der Waals surface area (Å²) in [4.78, 5) is 25.5. The quantitative estimate of drug-likeness (QED) is 0.756. The first-order valence-corrected chi connectivity index (χ1v) is 6.82. The molecule has 1 rings (SSSR count). The molecule has 2 amide bonds. The van der Waals surface area contributed by atoms with Gasteiger partial charge in [-0.15, -0.1) is 0 Å². The van der Waals surface area contributed by atoms with Gasteiger partial charge in [-0.2, -0.15) is 0 Å². The van der Waals surface area contributed by atoms with Crippen LogP contribution in [-0.4, -0.2) is 41.9 Å². The number of carbonyl (C=O) groups excluding carboxylic acids is 2. The summed E-state index contributed by atoms with van der Waals surface area (Å²) < 4.78 is 0. The van der Waals surface area contributed by atoms with Gasteiger partial charge >= 0.3 is 0 Å². The van der Waals surface area contributed by atoms with E-state index in [2.05, 4.69) is 5.32 Å². The van der Waals surface area contributed by atoms with Gasteiger partial charge in [0, 0.05) is 13.1 Å². The fourth-order valence-electron chi connectivity index (χ4n) is 2.25. The molecule has 1 fully saturated rings. The zero-order valence-corrected chi connectivity index (χ0v) is 11.5. The van der Waals surface area contributed by atoms with Gasteiger partial charge in [-0.3, -0.25) is 9.59 Å². The Morgan fingerprint density at radius 1 is 1.28 bits per heavy atom. The molecule has 0 bridgehead atoms. The Balaban J connectivity index is 2.35. The van der Waals surface area contributed by atoms with E-state index >= 15 is 0 Å². The van der Waals surface area contributed by atoms with Crippen LogP contribution in [0.1, 0.15) is 46.0 Å². The number of rotatable bonds is 5. The first-order valence-electron chi connectivity index (χ1n) is 6.82. The summed E-state index contributed by atoms with van der Waals surface area (Å²) in [6.07, 6.45) is 4.78. The van der Waals surface area contributed by atoms with Gasteiger partial charge < -0.3 is 16.0 Å². The molecule has 3 N–H and O–H groups in total. The number of piperidine rings is 1. The fraction of sp³-hybridized carbons (Fsp3) is 0.846. The van der Waals surface area contributed by atoms with Gasteiger partial charge in [0.15, 0.2) is 0 Å². The molecule has 1 unspecified atom stereocenters. The molecule has 5 nitrogen and oxygen atoms in total. The van der Waals surface area contributed by atoms with Crippen LogP contribution >= 0.6 is 0 Å². The molecule has 1 aliphatic heterocycles. The van der Waals surface area contributed by atoms with Crippen LogP contribution in [0.2, 0.25) is 0 Å². The van der Waals surface area contributed by atoms with Crippen molar-refractivity contribution in [3.63, 3.8) is 0 Å². The molecule has 5 heteroatoms. The predicted molar refractivity (Wildman–Crippen MR) is 70.9 cm³/mol. The third kappa shape index (κ3) is 4.29. The average Bonchev–Trinajstić information content (AvgIpc) is 2.36. The molecule has 1 aliphatic rings. The highest BCUT2D eigenvalue weighted by atomic mass is 16.2. The maximum atomic E-state index is 11.9. The topological polar surface area (TPSA) is 75.4 Å². The Hall–Kier alpha value is -1.10. The van der Waals surface area contributed by atoms with Crippen LogP contribution in [0.25, 0.3) is 0 Å². The van der Waals surface area contributed by atoms with Crippen molar-refractivity contribution in [2.75, 3.05) is 19.6 Å². The van der Waals surface area contributed by atoms with E-state index in [0.29, 0.717) is 6.42 Å². The number of nitrogens with zero attached hydrogens (tertiary/aromatic N) is 1. The van der Waals surface area contributed by atoms with Gasteiger partial charge in [0.05, 0.1) is 12.1 Å². The monoisotopic (exact) mass is 255 g/mol. The van der Waals surface area contributed by atoms with E-state index in [-0.39, 0.29) is 18.4 Å². The van der Waals surface area contributed by atoms with Crippen molar-refractivity contribution in [2.24, 2.45) is 5.73 Å². The van der Waals surface area contributed by atoms with Crippen LogP contribution in [-0.2, 0) is 9.59 Å². The van der Waals surface area contributed by atoms with E-state index in [9.17, 15) is 9.59 Å². The van der Waals surface area contributed by atoms with Crippen molar-refractivity contribution in [3.8, 4) is 0 Å². The third-order valence-electron chi connectivity index (χ3n) is 3.40. The molecule has 0 saturated carbocycles. The van der Waals surface area contributed by atoms with E-state index < -0.39 is 5.54 Å². The second-order valence-corrected chi connectivity index (χ2v) is 5.29. The van der Waals surface area contributed by atoms with E-state index in [0.717, 1.165) is 32.4 Å². The summed E-state index contributed by atoms with van der Waals surface area (Å²) in [5.41, 5.74) is 5.02. The van der Waals surface area contributed by atoms with Crippen LogP contribution in [0.5, 0.6) is 0 Å². The van der Waals surface area contributed by atoms with Crippen LogP contribution < -0.4 is 11.1 Å². The standard InChI is InChI=1S/C13H25N3O2/c1-3-7-13(2,14)12(18)15-10-11(17)16-8-5-4-6-9-16/h3-10,14H2,1-2H3,(H,15,18). The number of nitrogens with two attached hydrogens (primary N) is 1. The van der Waals surface area contributed by atoms with Crippen molar-refractivity contribution in [1.82, 2.24) is 10.2 Å². The van der Waals surface area contributed by atoms with Gasteiger partial charge in [-0.05, 0) is 32.6 Å². The normalized spacial score (nSPS) is 19.2. The first kappa shape index (κ1) is 15.0. The lowest BCUT2D eigenvalue weighted by Crippen LogP contribution is -2.53. The smallest absolute Gasteiger partial charge is 0.241 e. The van der Waals surface area contributed by atoms with Crippen LogP contribution in [0.3, 0.4) is 0 Å². The zero-order valence-electron chi connectivity index (χ0n) is 11.5. The number of amides is 2. The van der Waals surface area contributed by atoms with Gasteiger partial charge in [-0.25, -0.2) is 0 Å². The highest BCUT2D eigenvalue weighted by Gasteiger charge is 2.27. The van der Waals surface area contributed by atoms with E-state index in [1.54, 1.807) is 6.92 Å². The number of hydrogen-bond acceptors (Lipinski definition) is 3. The molecular weight excluding hydrogens is 230 g/mol. The lowest BCUT2D eigenvalue weighted by molar-refractivity contribution is -0.134. The summed E-state index contributed by atoms with van der Waals surface area (Å²) in [6, 6.07) is 0. The average molecular weight is 255 g/mol. The first-order chi connectivity index (χ1) is 8.47. The van der Waals surface area contributed by atoms with Crippen molar-refractivity contribution in [2.45, 2.75) is 51.5 Å². The Morgan fingerprint density at radius 2 is 1.89 bits per heavy atom. The van der Waals surface area contributed by atoms with Crippen molar-refractivity contribution in [1.29, 1.82) is 0 Å². The molecule has 0 radical (unpaired) electrons. The molecule has 1 atom stereocenters. The molecule has 0 spiro atoms. The summed E-state index contributed by atoms with van der Waals surface area (Å²) in [5, 5.41) is 2.65. The van der Waals surface area contributed by atoms with E-state index in [1.165, 1.54) is 6.42 Å². The van der Waals surface area contributed by atoms with Crippen LogP contribution in [0, 0.1) is 0 Å². The van der Waals surface area contributed by atoms with Crippen molar-refractivity contribution >= 4 is 11.8 Å². The van der Waals surface area contributed by atoms with Gasteiger partial charge in [0.25, 0.3) is 0 Å². The minimum Gasteiger partial charge on any atom is -0.345 e. The Kier molecular flexibility index (Phi) is 5.59. The number of carbonyl (C=O) groups is 2. The lowest BCUT2D eigenvalue weighted by Gasteiger charge is -2.28. The van der Waals surface area contributed by atoms with Gasteiger partial charge in [-0.1, -0.05) is 13.3 Å². The van der Waals surface area contributed by atoms with Crippen molar-refractivity contribution < 1.29 is 9.59 Å².